The van der Waals surface area contributed by atoms with E-state index in [1.54, 1.807) is 0 Å². The number of rotatable bonds is 1. The minimum Gasteiger partial charge on any atom is -0.475 e. The SMILES string of the molecule is CSC(=NC#N)N1C=CC(C)C(C2=NC(C)(C)CO2)=C1. The Balaban J connectivity index is 2.31. The van der Waals surface area contributed by atoms with Gasteiger partial charge in [0.15, 0.2) is 5.17 Å². The Kier molecular flexibility index (Phi) is 4.19. The number of thioether (sulfide) groups is 1. The number of nitrogens with zero attached hydrogens (tertiary/aromatic N) is 4. The van der Waals surface area contributed by atoms with Gasteiger partial charge in [0.25, 0.3) is 0 Å². The van der Waals surface area contributed by atoms with Crippen molar-refractivity contribution in [2.24, 2.45) is 15.9 Å². The van der Waals surface area contributed by atoms with Crippen LogP contribution < -0.4 is 0 Å². The molecule has 1 unspecified atom stereocenters. The predicted molar refractivity (Wildman–Crippen MR) is 82.3 cm³/mol. The van der Waals surface area contributed by atoms with Crippen molar-refractivity contribution in [2.75, 3.05) is 12.9 Å². The predicted octanol–water partition coefficient (Wildman–Crippen LogP) is 2.74. The van der Waals surface area contributed by atoms with Crippen LogP contribution in [-0.4, -0.2) is 34.4 Å². The molecule has 2 aliphatic rings. The average molecular weight is 290 g/mol. The second kappa shape index (κ2) is 5.71. The first kappa shape index (κ1) is 14.7. The molecule has 0 spiro atoms. The van der Waals surface area contributed by atoms with Gasteiger partial charge in [-0.25, -0.2) is 4.99 Å². The van der Waals surface area contributed by atoms with Gasteiger partial charge >= 0.3 is 0 Å². The van der Waals surface area contributed by atoms with E-state index in [-0.39, 0.29) is 11.5 Å². The monoisotopic (exact) mass is 290 g/mol. The van der Waals surface area contributed by atoms with Crippen molar-refractivity contribution in [1.82, 2.24) is 4.90 Å². The van der Waals surface area contributed by atoms with Gasteiger partial charge in [-0.2, -0.15) is 5.26 Å². The van der Waals surface area contributed by atoms with Crippen LogP contribution >= 0.6 is 11.8 Å². The van der Waals surface area contributed by atoms with Gasteiger partial charge in [0.1, 0.15) is 6.61 Å². The minimum atomic E-state index is -0.176. The molecule has 0 saturated carbocycles. The zero-order valence-electron chi connectivity index (χ0n) is 12.1. The van der Waals surface area contributed by atoms with Crippen molar-refractivity contribution >= 4 is 22.8 Å². The lowest BCUT2D eigenvalue weighted by molar-refractivity contribution is 0.277. The van der Waals surface area contributed by atoms with Crippen molar-refractivity contribution in [3.63, 3.8) is 0 Å². The Bertz CT molecular complexity index is 554. The van der Waals surface area contributed by atoms with E-state index in [2.05, 4.69) is 23.0 Å². The Morgan fingerprint density at radius 1 is 1.65 bits per heavy atom. The summed E-state index contributed by atoms with van der Waals surface area (Å²) in [6.07, 6.45) is 9.63. The first-order valence-electron chi connectivity index (χ1n) is 6.39. The topological polar surface area (TPSA) is 61.0 Å². The third-order valence-electron chi connectivity index (χ3n) is 3.07. The van der Waals surface area contributed by atoms with Gasteiger partial charge in [-0.05, 0) is 20.1 Å². The Labute approximate surface area is 123 Å². The van der Waals surface area contributed by atoms with Gasteiger partial charge in [0.05, 0.1) is 5.54 Å². The van der Waals surface area contributed by atoms with E-state index >= 15 is 0 Å². The van der Waals surface area contributed by atoms with Crippen molar-refractivity contribution in [3.05, 3.63) is 24.0 Å². The van der Waals surface area contributed by atoms with Crippen LogP contribution in [0, 0.1) is 17.4 Å². The molecule has 2 rings (SSSR count). The van der Waals surface area contributed by atoms with Crippen LogP contribution in [0.4, 0.5) is 0 Å². The van der Waals surface area contributed by atoms with Crippen molar-refractivity contribution in [2.45, 2.75) is 26.3 Å². The molecule has 6 heteroatoms. The zero-order valence-corrected chi connectivity index (χ0v) is 12.9. The van der Waals surface area contributed by atoms with Crippen LogP contribution in [-0.2, 0) is 4.74 Å². The van der Waals surface area contributed by atoms with Crippen molar-refractivity contribution < 1.29 is 4.74 Å². The molecular weight excluding hydrogens is 272 g/mol. The van der Waals surface area contributed by atoms with Crippen molar-refractivity contribution in [1.29, 1.82) is 5.26 Å². The first-order chi connectivity index (χ1) is 9.46. The van der Waals surface area contributed by atoms with Crippen LogP contribution in [0.5, 0.6) is 0 Å². The molecule has 0 radical (unpaired) electrons. The van der Waals surface area contributed by atoms with Gasteiger partial charge < -0.3 is 9.64 Å². The lowest BCUT2D eigenvalue weighted by Gasteiger charge is -2.24. The fraction of sp³-hybridized carbons (Fsp3) is 0.500. The highest BCUT2D eigenvalue weighted by molar-refractivity contribution is 8.13. The molecule has 106 valence electrons. The largest absolute Gasteiger partial charge is 0.475 e. The van der Waals surface area contributed by atoms with Gasteiger partial charge in [-0.15, -0.1) is 4.99 Å². The summed E-state index contributed by atoms with van der Waals surface area (Å²) in [4.78, 5) is 10.3. The second-order valence-corrected chi connectivity index (χ2v) is 6.11. The summed E-state index contributed by atoms with van der Waals surface area (Å²) in [5.74, 6) is 0.915. The highest BCUT2D eigenvalue weighted by atomic mass is 32.2. The number of amidine groups is 1. The normalized spacial score (nSPS) is 24.9. The first-order valence-corrected chi connectivity index (χ1v) is 7.61. The fourth-order valence-electron chi connectivity index (χ4n) is 1.99. The van der Waals surface area contributed by atoms with E-state index < -0.39 is 0 Å². The molecule has 0 fully saturated rings. The number of allylic oxidation sites excluding steroid dienone is 1. The number of nitriles is 1. The van der Waals surface area contributed by atoms with E-state index in [9.17, 15) is 0 Å². The quantitative estimate of drug-likeness (QED) is 0.423. The smallest absolute Gasteiger partial charge is 0.214 e. The molecule has 0 amide bonds. The average Bonchev–Trinajstić information content (AvgIpc) is 2.77. The number of hydrogen-bond acceptors (Lipinski definition) is 5. The summed E-state index contributed by atoms with van der Waals surface area (Å²) in [6.45, 7) is 6.78. The summed E-state index contributed by atoms with van der Waals surface area (Å²) in [7, 11) is 0. The molecule has 0 N–H and O–H groups in total. The molecule has 0 aliphatic carbocycles. The van der Waals surface area contributed by atoms with Gasteiger partial charge in [0.2, 0.25) is 12.1 Å². The van der Waals surface area contributed by atoms with Gasteiger partial charge in [0, 0.05) is 23.9 Å². The standard InChI is InChI=1S/C14H18N4OS/c1-10-5-6-18(13(20-4)16-9-15)7-11(10)12-17-14(2,3)8-19-12/h5-7,10H,8H2,1-4H3. The Morgan fingerprint density at radius 3 is 2.95 bits per heavy atom. The summed E-state index contributed by atoms with van der Waals surface area (Å²) >= 11 is 1.42. The molecule has 2 aliphatic heterocycles. The van der Waals surface area contributed by atoms with E-state index in [0.717, 1.165) is 5.57 Å². The van der Waals surface area contributed by atoms with Gasteiger partial charge in [-0.1, -0.05) is 24.8 Å². The molecule has 20 heavy (non-hydrogen) atoms. The summed E-state index contributed by atoms with van der Waals surface area (Å²) in [5.41, 5.74) is 0.836. The molecule has 5 nitrogen and oxygen atoms in total. The maximum absolute atomic E-state index is 8.73. The molecule has 2 heterocycles. The lowest BCUT2D eigenvalue weighted by Crippen LogP contribution is -2.24. The molecule has 0 bridgehead atoms. The second-order valence-electron chi connectivity index (χ2n) is 5.34. The van der Waals surface area contributed by atoms with Crippen LogP contribution in [0.25, 0.3) is 0 Å². The Hall–Kier alpha value is -1.74. The molecule has 0 aromatic heterocycles. The van der Waals surface area contributed by atoms with E-state index in [4.69, 9.17) is 10.00 Å². The van der Waals surface area contributed by atoms with Crippen molar-refractivity contribution in [3.8, 4) is 6.19 Å². The molecule has 0 aromatic carbocycles. The number of aliphatic imine (C=N–C) groups is 2. The van der Waals surface area contributed by atoms with Crippen LogP contribution in [0.1, 0.15) is 20.8 Å². The van der Waals surface area contributed by atoms with Crippen LogP contribution in [0.15, 0.2) is 34.0 Å². The van der Waals surface area contributed by atoms with E-state index in [0.29, 0.717) is 17.7 Å². The van der Waals surface area contributed by atoms with Crippen LogP contribution in [0.3, 0.4) is 0 Å². The summed E-state index contributed by atoms with van der Waals surface area (Å²) < 4.78 is 5.71. The van der Waals surface area contributed by atoms with Gasteiger partial charge in [-0.3, -0.25) is 0 Å². The maximum Gasteiger partial charge on any atom is 0.214 e. The maximum atomic E-state index is 8.73. The third kappa shape index (κ3) is 3.05. The fourth-order valence-corrected chi connectivity index (χ4v) is 2.45. The Morgan fingerprint density at radius 2 is 2.40 bits per heavy atom. The van der Waals surface area contributed by atoms with Crippen LogP contribution in [0.2, 0.25) is 0 Å². The molecular formula is C14H18N4OS. The molecule has 0 saturated heterocycles. The lowest BCUT2D eigenvalue weighted by atomic mass is 9.99. The van der Waals surface area contributed by atoms with E-state index in [1.807, 2.05) is 43.6 Å². The van der Waals surface area contributed by atoms with E-state index in [1.165, 1.54) is 11.8 Å². The number of hydrogen-bond donors (Lipinski definition) is 0. The number of ether oxygens (including phenoxy) is 1. The summed E-state index contributed by atoms with van der Waals surface area (Å²) in [6, 6.07) is 0. The summed E-state index contributed by atoms with van der Waals surface area (Å²) in [5, 5.41) is 9.36. The molecule has 0 aromatic rings. The third-order valence-corrected chi connectivity index (χ3v) is 3.73. The highest BCUT2D eigenvalue weighted by Crippen LogP contribution is 2.28. The highest BCUT2D eigenvalue weighted by Gasteiger charge is 2.31. The zero-order chi connectivity index (χ0) is 14.8. The minimum absolute atomic E-state index is 0.176. The molecule has 1 atom stereocenters.